The van der Waals surface area contributed by atoms with E-state index in [1.807, 2.05) is 46.8 Å². The van der Waals surface area contributed by atoms with Gasteiger partial charge in [-0.15, -0.1) is 0 Å². The molecule has 0 unspecified atom stereocenters. The third kappa shape index (κ3) is 2.23. The lowest BCUT2D eigenvalue weighted by Gasteiger charge is -2.21. The number of para-hydroxylation sites is 2. The molecule has 3 aromatic rings. The molecule has 0 aliphatic heterocycles. The van der Waals surface area contributed by atoms with Gasteiger partial charge in [-0.1, -0.05) is 12.1 Å². The molecule has 0 radical (unpaired) electrons. The highest BCUT2D eigenvalue weighted by Gasteiger charge is 2.16. The topological polar surface area (TPSA) is 80.7 Å². The zero-order valence-electron chi connectivity index (χ0n) is 11.8. The highest BCUT2D eigenvalue weighted by Crippen LogP contribution is 2.33. The maximum absolute atomic E-state index is 5.48. The number of anilines is 3. The van der Waals surface area contributed by atoms with E-state index in [1.165, 1.54) is 0 Å². The average molecular weight is 284 g/mol. The van der Waals surface area contributed by atoms with Crippen molar-refractivity contribution in [1.82, 2.24) is 14.4 Å². The predicted octanol–water partition coefficient (Wildman–Crippen LogP) is 1.79. The summed E-state index contributed by atoms with van der Waals surface area (Å²) >= 11 is 0. The van der Waals surface area contributed by atoms with Crippen LogP contribution in [0.3, 0.4) is 0 Å². The molecule has 3 N–H and O–H groups in total. The Hall–Kier alpha value is -2.80. The lowest BCUT2D eigenvalue weighted by molar-refractivity contribution is 0.415. The second-order valence-electron chi connectivity index (χ2n) is 4.48. The van der Waals surface area contributed by atoms with Crippen molar-refractivity contribution in [2.45, 2.75) is 0 Å². The maximum atomic E-state index is 5.48. The van der Waals surface area contributed by atoms with Gasteiger partial charge < -0.3 is 19.5 Å². The Labute approximate surface area is 122 Å². The van der Waals surface area contributed by atoms with E-state index in [0.29, 0.717) is 11.6 Å². The first-order valence-corrected chi connectivity index (χ1v) is 6.41. The molecule has 0 fully saturated rings. The number of hydrogen-bond acceptors (Lipinski definition) is 6. The van der Waals surface area contributed by atoms with Crippen LogP contribution in [0.25, 0.3) is 5.65 Å². The van der Waals surface area contributed by atoms with Gasteiger partial charge in [0, 0.05) is 19.4 Å². The Morgan fingerprint density at radius 1 is 1.33 bits per heavy atom. The van der Waals surface area contributed by atoms with E-state index in [1.54, 1.807) is 19.5 Å². The van der Waals surface area contributed by atoms with Gasteiger partial charge in [-0.05, 0) is 12.1 Å². The van der Waals surface area contributed by atoms with Crippen LogP contribution in [0.4, 0.5) is 17.3 Å². The first-order chi connectivity index (χ1) is 10.2. The molecule has 0 aliphatic carbocycles. The van der Waals surface area contributed by atoms with Crippen LogP contribution >= 0.6 is 0 Å². The lowest BCUT2D eigenvalue weighted by atomic mass is 10.2. The number of nitrogens with one attached hydrogen (secondary N) is 1. The molecule has 0 bridgehead atoms. The van der Waals surface area contributed by atoms with Crippen LogP contribution in [0.1, 0.15) is 0 Å². The van der Waals surface area contributed by atoms with Crippen LogP contribution in [-0.4, -0.2) is 28.5 Å². The quantitative estimate of drug-likeness (QED) is 0.561. The zero-order chi connectivity index (χ0) is 14.8. The second-order valence-corrected chi connectivity index (χ2v) is 4.48. The number of ether oxygens (including phenoxy) is 1. The minimum atomic E-state index is 0.553. The van der Waals surface area contributed by atoms with Gasteiger partial charge in [0.15, 0.2) is 17.3 Å². The van der Waals surface area contributed by atoms with E-state index in [4.69, 9.17) is 10.6 Å². The van der Waals surface area contributed by atoms with E-state index in [9.17, 15) is 0 Å². The summed E-state index contributed by atoms with van der Waals surface area (Å²) in [6.45, 7) is 0. The fourth-order valence-corrected chi connectivity index (χ4v) is 2.23. The summed E-state index contributed by atoms with van der Waals surface area (Å²) in [4.78, 5) is 10.8. The third-order valence-corrected chi connectivity index (χ3v) is 3.27. The Balaban J connectivity index is 2.16. The molecule has 1 aromatic carbocycles. The van der Waals surface area contributed by atoms with E-state index in [2.05, 4.69) is 15.4 Å². The van der Waals surface area contributed by atoms with Crippen LogP contribution < -0.4 is 20.9 Å². The summed E-state index contributed by atoms with van der Waals surface area (Å²) in [6, 6.07) is 7.73. The summed E-state index contributed by atoms with van der Waals surface area (Å²) < 4.78 is 7.27. The predicted molar refractivity (Wildman–Crippen MR) is 81.9 cm³/mol. The van der Waals surface area contributed by atoms with Crippen molar-refractivity contribution in [3.63, 3.8) is 0 Å². The van der Waals surface area contributed by atoms with Crippen molar-refractivity contribution in [2.24, 2.45) is 5.84 Å². The van der Waals surface area contributed by atoms with Gasteiger partial charge in [0.25, 0.3) is 0 Å². The largest absolute Gasteiger partial charge is 0.495 e. The van der Waals surface area contributed by atoms with Crippen LogP contribution in [0.5, 0.6) is 5.75 Å². The van der Waals surface area contributed by atoms with Crippen molar-refractivity contribution in [1.29, 1.82) is 0 Å². The molecule has 0 saturated carbocycles. The van der Waals surface area contributed by atoms with Crippen LogP contribution in [-0.2, 0) is 0 Å². The first kappa shape index (κ1) is 13.2. The molecule has 0 amide bonds. The average Bonchev–Trinajstić information content (AvgIpc) is 3.01. The normalized spacial score (nSPS) is 10.6. The number of nitrogens with two attached hydrogens (primary N) is 1. The number of methoxy groups -OCH3 is 1. The lowest BCUT2D eigenvalue weighted by Crippen LogP contribution is -2.16. The van der Waals surface area contributed by atoms with Gasteiger partial charge in [-0.2, -0.15) is 0 Å². The van der Waals surface area contributed by atoms with E-state index >= 15 is 0 Å². The Kier molecular flexibility index (Phi) is 3.33. The maximum Gasteiger partial charge on any atom is 0.180 e. The number of hydrazine groups is 1. The van der Waals surface area contributed by atoms with E-state index in [0.717, 1.165) is 17.1 Å². The SMILES string of the molecule is COc1ccccc1N(C)c1nc(NN)cn2ccnc12. The van der Waals surface area contributed by atoms with E-state index < -0.39 is 0 Å². The fourth-order valence-electron chi connectivity index (χ4n) is 2.23. The van der Waals surface area contributed by atoms with Gasteiger partial charge in [-0.25, -0.2) is 15.8 Å². The molecule has 21 heavy (non-hydrogen) atoms. The number of aromatic nitrogens is 3. The minimum absolute atomic E-state index is 0.553. The van der Waals surface area contributed by atoms with Crippen molar-refractivity contribution >= 4 is 23.0 Å². The number of benzene rings is 1. The summed E-state index contributed by atoms with van der Waals surface area (Å²) in [5.41, 5.74) is 4.20. The van der Waals surface area contributed by atoms with Crippen molar-refractivity contribution in [2.75, 3.05) is 24.5 Å². The van der Waals surface area contributed by atoms with Gasteiger partial charge in [-0.3, -0.25) is 0 Å². The minimum Gasteiger partial charge on any atom is -0.495 e. The molecule has 3 rings (SSSR count). The molecular formula is C14H16N6O. The molecule has 7 heteroatoms. The van der Waals surface area contributed by atoms with Crippen molar-refractivity contribution < 1.29 is 4.74 Å². The number of imidazole rings is 1. The van der Waals surface area contributed by atoms with Gasteiger partial charge >= 0.3 is 0 Å². The highest BCUT2D eigenvalue weighted by atomic mass is 16.5. The summed E-state index contributed by atoms with van der Waals surface area (Å²) in [6.07, 6.45) is 5.34. The second kappa shape index (κ2) is 5.29. The number of nitrogens with zero attached hydrogens (tertiary/aromatic N) is 4. The fraction of sp³-hybridized carbons (Fsp3) is 0.143. The Bertz CT molecular complexity index is 769. The summed E-state index contributed by atoms with van der Waals surface area (Å²) in [5, 5.41) is 0. The molecule has 108 valence electrons. The summed E-state index contributed by atoms with van der Waals surface area (Å²) in [5.74, 6) is 7.48. The van der Waals surface area contributed by atoms with Crippen LogP contribution in [0.2, 0.25) is 0 Å². The summed E-state index contributed by atoms with van der Waals surface area (Å²) in [7, 11) is 3.55. The molecule has 0 aliphatic rings. The van der Waals surface area contributed by atoms with Crippen LogP contribution in [0, 0.1) is 0 Å². The highest BCUT2D eigenvalue weighted by molar-refractivity contribution is 5.76. The van der Waals surface area contributed by atoms with Crippen molar-refractivity contribution in [3.05, 3.63) is 42.9 Å². The standard InChI is InChI=1S/C14H16N6O/c1-19(10-5-3-4-6-11(10)21-2)14-13-16-7-8-20(13)9-12(17-14)18-15/h3-9,18H,15H2,1-2H3. The molecule has 7 nitrogen and oxygen atoms in total. The smallest absolute Gasteiger partial charge is 0.180 e. The molecule has 2 aromatic heterocycles. The van der Waals surface area contributed by atoms with E-state index in [-0.39, 0.29) is 0 Å². The van der Waals surface area contributed by atoms with Gasteiger partial charge in [0.2, 0.25) is 0 Å². The van der Waals surface area contributed by atoms with Gasteiger partial charge in [0.05, 0.1) is 19.0 Å². The molecule has 0 saturated heterocycles. The van der Waals surface area contributed by atoms with Crippen LogP contribution in [0.15, 0.2) is 42.9 Å². The number of rotatable bonds is 4. The first-order valence-electron chi connectivity index (χ1n) is 6.41. The molecule has 0 atom stereocenters. The number of hydrogen-bond donors (Lipinski definition) is 2. The Morgan fingerprint density at radius 3 is 2.90 bits per heavy atom. The molecule has 2 heterocycles. The van der Waals surface area contributed by atoms with Crippen molar-refractivity contribution in [3.8, 4) is 5.75 Å². The third-order valence-electron chi connectivity index (χ3n) is 3.27. The number of fused-ring (bicyclic) bond motifs is 1. The van der Waals surface area contributed by atoms with Gasteiger partial charge in [0.1, 0.15) is 5.75 Å². The molecule has 0 spiro atoms. The monoisotopic (exact) mass is 284 g/mol. The Morgan fingerprint density at radius 2 is 2.14 bits per heavy atom. The number of nitrogen functional groups attached to an aromatic ring is 1. The molecular weight excluding hydrogens is 268 g/mol. The zero-order valence-corrected chi connectivity index (χ0v) is 11.8.